The van der Waals surface area contributed by atoms with E-state index in [1.54, 1.807) is 0 Å². The second kappa shape index (κ2) is 7.91. The molecule has 0 radical (unpaired) electrons. The average Bonchev–Trinajstić information content (AvgIpc) is 3.09. The lowest BCUT2D eigenvalue weighted by Gasteiger charge is -2.44. The number of fused-ring (bicyclic) bond motifs is 2. The van der Waals surface area contributed by atoms with Gasteiger partial charge in [0.2, 0.25) is 0 Å². The summed E-state index contributed by atoms with van der Waals surface area (Å²) >= 11 is 0. The third-order valence-electron chi connectivity index (χ3n) is 7.11. The van der Waals surface area contributed by atoms with E-state index in [0.717, 1.165) is 52.0 Å². The van der Waals surface area contributed by atoms with Gasteiger partial charge in [0, 0.05) is 44.3 Å². The summed E-state index contributed by atoms with van der Waals surface area (Å²) in [5.74, 6) is 0. The van der Waals surface area contributed by atoms with Crippen molar-refractivity contribution in [3.63, 3.8) is 0 Å². The Morgan fingerprint density at radius 3 is 2.52 bits per heavy atom. The molecule has 2 N–H and O–H groups in total. The van der Waals surface area contributed by atoms with Crippen LogP contribution in [-0.4, -0.2) is 47.6 Å². The molecule has 0 saturated carbocycles. The van der Waals surface area contributed by atoms with E-state index in [-0.39, 0.29) is 5.54 Å². The maximum atomic E-state index is 6.92. The highest BCUT2D eigenvalue weighted by atomic mass is 15.3. The molecular formula is C26H31N3. The van der Waals surface area contributed by atoms with Gasteiger partial charge in [-0.3, -0.25) is 4.90 Å². The van der Waals surface area contributed by atoms with Crippen molar-refractivity contribution >= 4 is 10.8 Å². The molecule has 3 aromatic rings. The van der Waals surface area contributed by atoms with Crippen molar-refractivity contribution in [2.45, 2.75) is 37.4 Å². The lowest BCUT2D eigenvalue weighted by molar-refractivity contribution is 0.0853. The summed E-state index contributed by atoms with van der Waals surface area (Å²) < 4.78 is 0. The minimum atomic E-state index is -0.0200. The summed E-state index contributed by atoms with van der Waals surface area (Å²) in [6.07, 6.45) is 3.35. The Labute approximate surface area is 174 Å². The molecule has 3 aromatic carbocycles. The maximum absolute atomic E-state index is 6.92. The van der Waals surface area contributed by atoms with E-state index in [0.29, 0.717) is 6.04 Å². The Morgan fingerprint density at radius 2 is 1.62 bits per heavy atom. The van der Waals surface area contributed by atoms with Gasteiger partial charge in [0.1, 0.15) is 0 Å². The molecule has 0 bridgehead atoms. The molecule has 150 valence electrons. The van der Waals surface area contributed by atoms with Gasteiger partial charge in [0.25, 0.3) is 0 Å². The van der Waals surface area contributed by atoms with Crippen molar-refractivity contribution in [3.8, 4) is 0 Å². The van der Waals surface area contributed by atoms with Gasteiger partial charge in [0.15, 0.2) is 0 Å². The van der Waals surface area contributed by atoms with Crippen LogP contribution >= 0.6 is 0 Å². The van der Waals surface area contributed by atoms with Crippen molar-refractivity contribution in [1.29, 1.82) is 0 Å². The Morgan fingerprint density at radius 1 is 0.862 bits per heavy atom. The van der Waals surface area contributed by atoms with Crippen LogP contribution in [-0.2, 0) is 13.0 Å². The van der Waals surface area contributed by atoms with Gasteiger partial charge in [-0.05, 0) is 41.2 Å². The summed E-state index contributed by atoms with van der Waals surface area (Å²) in [6.45, 7) is 5.45. The van der Waals surface area contributed by atoms with Crippen molar-refractivity contribution in [2.24, 2.45) is 5.73 Å². The summed E-state index contributed by atoms with van der Waals surface area (Å²) in [5.41, 5.74) is 9.75. The molecule has 5 rings (SSSR count). The molecule has 2 heterocycles. The summed E-state index contributed by atoms with van der Waals surface area (Å²) in [6, 6.07) is 26.7. The van der Waals surface area contributed by atoms with Gasteiger partial charge in [0.05, 0.1) is 0 Å². The van der Waals surface area contributed by atoms with Crippen molar-refractivity contribution in [3.05, 3.63) is 83.9 Å². The summed E-state index contributed by atoms with van der Waals surface area (Å²) in [7, 11) is 0. The summed E-state index contributed by atoms with van der Waals surface area (Å²) in [5, 5.41) is 2.71. The van der Waals surface area contributed by atoms with Gasteiger partial charge in [-0.25, -0.2) is 0 Å². The zero-order valence-corrected chi connectivity index (χ0v) is 17.1. The zero-order valence-electron chi connectivity index (χ0n) is 17.1. The molecule has 3 nitrogen and oxygen atoms in total. The number of nitrogens with two attached hydrogens (primary N) is 1. The monoisotopic (exact) mass is 385 g/mol. The Hall–Kier alpha value is -2.20. The third kappa shape index (κ3) is 3.83. The number of hydrogen-bond donors (Lipinski definition) is 1. The van der Waals surface area contributed by atoms with E-state index in [4.69, 9.17) is 5.73 Å². The average molecular weight is 386 g/mol. The summed E-state index contributed by atoms with van der Waals surface area (Å²) in [4.78, 5) is 5.28. The molecule has 3 heteroatoms. The number of nitrogens with zero attached hydrogens (tertiary/aromatic N) is 2. The van der Waals surface area contributed by atoms with Crippen molar-refractivity contribution < 1.29 is 0 Å². The molecular weight excluding hydrogens is 354 g/mol. The molecule has 2 fully saturated rings. The number of hydrogen-bond acceptors (Lipinski definition) is 3. The number of likely N-dealkylation sites (tertiary alicyclic amines) is 2. The van der Waals surface area contributed by atoms with E-state index in [1.165, 1.54) is 21.9 Å². The first-order chi connectivity index (χ1) is 14.2. The minimum Gasteiger partial charge on any atom is -0.324 e. The molecule has 29 heavy (non-hydrogen) atoms. The fraction of sp³-hybridized carbons (Fsp3) is 0.385. The Balaban J connectivity index is 1.30. The van der Waals surface area contributed by atoms with Gasteiger partial charge < -0.3 is 10.6 Å². The third-order valence-corrected chi connectivity index (χ3v) is 7.11. The highest BCUT2D eigenvalue weighted by molar-refractivity contribution is 5.85. The second-order valence-electron chi connectivity index (χ2n) is 8.89. The molecule has 1 unspecified atom stereocenters. The highest BCUT2D eigenvalue weighted by Gasteiger charge is 2.47. The minimum absolute atomic E-state index is 0.0200. The largest absolute Gasteiger partial charge is 0.324 e. The van der Waals surface area contributed by atoms with Gasteiger partial charge >= 0.3 is 0 Å². The molecule has 2 aliphatic heterocycles. The Bertz CT molecular complexity index is 965. The standard InChI is InChI=1S/C26H31N3/c27-26-14-17-28(16-13-21-7-2-1-3-8-21)20-25(26)29(18-15-26)19-23-11-6-10-22-9-4-5-12-24(22)23/h1-12,25H,13-20,27H2/t25?,26-/m0/s1. The van der Waals surface area contributed by atoms with E-state index in [1.807, 2.05) is 0 Å². The van der Waals surface area contributed by atoms with Crippen LogP contribution in [0.1, 0.15) is 24.0 Å². The lowest BCUT2D eigenvalue weighted by Crippen LogP contribution is -2.61. The Kier molecular flexibility index (Phi) is 5.13. The molecule has 2 aliphatic rings. The number of benzene rings is 3. The van der Waals surface area contributed by atoms with Crippen LogP contribution in [0.5, 0.6) is 0 Å². The van der Waals surface area contributed by atoms with E-state index in [2.05, 4.69) is 82.6 Å². The molecule has 0 aromatic heterocycles. The fourth-order valence-electron chi connectivity index (χ4n) is 5.30. The van der Waals surface area contributed by atoms with Crippen LogP contribution in [0.25, 0.3) is 10.8 Å². The van der Waals surface area contributed by atoms with Crippen LogP contribution < -0.4 is 5.73 Å². The molecule has 2 atom stereocenters. The smallest absolute Gasteiger partial charge is 0.0407 e. The van der Waals surface area contributed by atoms with Crippen LogP contribution in [0.4, 0.5) is 0 Å². The van der Waals surface area contributed by atoms with Crippen LogP contribution in [0, 0.1) is 0 Å². The molecule has 0 aliphatic carbocycles. The fourth-order valence-corrected chi connectivity index (χ4v) is 5.30. The topological polar surface area (TPSA) is 32.5 Å². The lowest BCUT2D eigenvalue weighted by atomic mass is 9.84. The van der Waals surface area contributed by atoms with Crippen LogP contribution in [0.2, 0.25) is 0 Å². The second-order valence-corrected chi connectivity index (χ2v) is 8.89. The predicted molar refractivity (Wildman–Crippen MR) is 121 cm³/mol. The zero-order chi connectivity index (χ0) is 19.7. The van der Waals surface area contributed by atoms with Crippen LogP contribution in [0.15, 0.2) is 72.8 Å². The normalized spacial score (nSPS) is 25.3. The number of piperidine rings is 1. The van der Waals surface area contributed by atoms with E-state index < -0.39 is 0 Å². The highest BCUT2D eigenvalue weighted by Crippen LogP contribution is 2.35. The van der Waals surface area contributed by atoms with Crippen LogP contribution in [0.3, 0.4) is 0 Å². The molecule has 0 amide bonds. The molecule has 2 saturated heterocycles. The van der Waals surface area contributed by atoms with Gasteiger partial charge in [-0.15, -0.1) is 0 Å². The molecule has 0 spiro atoms. The van der Waals surface area contributed by atoms with Crippen molar-refractivity contribution in [2.75, 3.05) is 26.2 Å². The predicted octanol–water partition coefficient (Wildman–Crippen LogP) is 4.06. The van der Waals surface area contributed by atoms with E-state index >= 15 is 0 Å². The first-order valence-electron chi connectivity index (χ1n) is 11.0. The van der Waals surface area contributed by atoms with Gasteiger partial charge in [-0.1, -0.05) is 72.8 Å². The number of rotatable bonds is 5. The quantitative estimate of drug-likeness (QED) is 0.719. The van der Waals surface area contributed by atoms with Crippen molar-refractivity contribution in [1.82, 2.24) is 9.80 Å². The first-order valence-corrected chi connectivity index (χ1v) is 11.0. The van der Waals surface area contributed by atoms with Gasteiger partial charge in [-0.2, -0.15) is 0 Å². The first kappa shape index (κ1) is 18.8. The SMILES string of the molecule is N[C@]12CCN(CCc3ccccc3)CC1N(Cc1cccc3ccccc13)CC2. The maximum Gasteiger partial charge on any atom is 0.0407 e. The van der Waals surface area contributed by atoms with E-state index in [9.17, 15) is 0 Å².